The van der Waals surface area contributed by atoms with Gasteiger partial charge in [0.2, 0.25) is 5.91 Å². The molecule has 2 fully saturated rings. The molecular weight excluding hydrogens is 152 g/mol. The third kappa shape index (κ3) is 1.22. The molecule has 2 aliphatic rings. The molecule has 1 spiro atoms. The molecule has 0 aliphatic carbocycles. The predicted molar refractivity (Wildman–Crippen MR) is 46.8 cm³/mol. The molecule has 0 radical (unpaired) electrons. The Morgan fingerprint density at radius 2 is 1.92 bits per heavy atom. The number of carbonyl (C=O) groups is 1. The zero-order chi connectivity index (χ0) is 8.44. The summed E-state index contributed by atoms with van der Waals surface area (Å²) in [6, 6.07) is 0. The van der Waals surface area contributed by atoms with Crippen LogP contribution in [0.1, 0.15) is 25.7 Å². The molecular formula is C9H16N2O. The van der Waals surface area contributed by atoms with Crippen LogP contribution >= 0.6 is 0 Å². The summed E-state index contributed by atoms with van der Waals surface area (Å²) in [5.74, 6) is 0.279. The lowest BCUT2D eigenvalue weighted by molar-refractivity contribution is -0.134. The highest BCUT2D eigenvalue weighted by Crippen LogP contribution is 2.33. The summed E-state index contributed by atoms with van der Waals surface area (Å²) >= 11 is 0. The van der Waals surface area contributed by atoms with Crippen LogP contribution in [-0.4, -0.2) is 25.5 Å². The Balaban J connectivity index is 2.09. The van der Waals surface area contributed by atoms with Crippen molar-refractivity contribution >= 4 is 5.91 Å². The van der Waals surface area contributed by atoms with E-state index < -0.39 is 0 Å². The van der Waals surface area contributed by atoms with E-state index in [1.807, 2.05) is 0 Å². The normalized spacial score (nSPS) is 36.5. The van der Waals surface area contributed by atoms with Crippen LogP contribution in [0, 0.1) is 5.41 Å². The zero-order valence-electron chi connectivity index (χ0n) is 7.36. The zero-order valence-corrected chi connectivity index (χ0v) is 7.36. The summed E-state index contributed by atoms with van der Waals surface area (Å²) in [4.78, 5) is 11.6. The topological polar surface area (TPSA) is 41.1 Å². The van der Waals surface area contributed by atoms with Gasteiger partial charge in [-0.3, -0.25) is 4.79 Å². The lowest BCUT2D eigenvalue weighted by Crippen LogP contribution is -2.53. The summed E-state index contributed by atoms with van der Waals surface area (Å²) in [6.07, 6.45) is 4.44. The molecule has 0 saturated carbocycles. The Morgan fingerprint density at radius 1 is 1.17 bits per heavy atom. The summed E-state index contributed by atoms with van der Waals surface area (Å²) in [5, 5.41) is 6.28. The van der Waals surface area contributed by atoms with Crippen molar-refractivity contribution in [2.75, 3.05) is 19.6 Å². The Hall–Kier alpha value is -0.570. The molecule has 3 heteroatoms. The molecule has 0 unspecified atom stereocenters. The molecule has 1 atom stereocenters. The fourth-order valence-electron chi connectivity index (χ4n) is 2.30. The first kappa shape index (κ1) is 8.05. The molecule has 68 valence electrons. The van der Waals surface area contributed by atoms with E-state index in [0.717, 1.165) is 45.3 Å². The van der Waals surface area contributed by atoms with Crippen molar-refractivity contribution in [3.05, 3.63) is 0 Å². The van der Waals surface area contributed by atoms with E-state index in [1.54, 1.807) is 0 Å². The van der Waals surface area contributed by atoms with Gasteiger partial charge in [-0.2, -0.15) is 0 Å². The standard InChI is InChI=1S/C9H16N2O/c12-8-9(4-2-6-11-8)3-1-5-10-7-9/h10H,1-7H2,(H,11,12)/t9-/m0/s1. The Bertz CT molecular complexity index is 177. The van der Waals surface area contributed by atoms with E-state index >= 15 is 0 Å². The molecule has 2 saturated heterocycles. The number of hydrogen-bond donors (Lipinski definition) is 2. The first-order valence-corrected chi connectivity index (χ1v) is 4.83. The van der Waals surface area contributed by atoms with Gasteiger partial charge in [-0.1, -0.05) is 0 Å². The van der Waals surface area contributed by atoms with Crippen LogP contribution in [0.3, 0.4) is 0 Å². The van der Waals surface area contributed by atoms with Gasteiger partial charge in [0.15, 0.2) is 0 Å². The van der Waals surface area contributed by atoms with Crippen LogP contribution in [0.25, 0.3) is 0 Å². The monoisotopic (exact) mass is 168 g/mol. The molecule has 2 N–H and O–H groups in total. The third-order valence-electron chi connectivity index (χ3n) is 3.07. The minimum atomic E-state index is -0.0451. The van der Waals surface area contributed by atoms with Gasteiger partial charge >= 0.3 is 0 Å². The van der Waals surface area contributed by atoms with Crippen molar-refractivity contribution in [3.63, 3.8) is 0 Å². The van der Waals surface area contributed by atoms with Gasteiger partial charge in [0.05, 0.1) is 5.41 Å². The average molecular weight is 168 g/mol. The minimum Gasteiger partial charge on any atom is -0.356 e. The highest BCUT2D eigenvalue weighted by atomic mass is 16.2. The maximum atomic E-state index is 11.6. The molecule has 0 bridgehead atoms. The number of nitrogens with one attached hydrogen (secondary N) is 2. The van der Waals surface area contributed by atoms with Gasteiger partial charge in [-0.15, -0.1) is 0 Å². The van der Waals surface area contributed by atoms with Gasteiger partial charge in [0.1, 0.15) is 0 Å². The first-order chi connectivity index (χ1) is 5.83. The molecule has 0 aromatic heterocycles. The van der Waals surface area contributed by atoms with Gasteiger partial charge < -0.3 is 10.6 Å². The van der Waals surface area contributed by atoms with E-state index in [1.165, 1.54) is 0 Å². The second-order valence-electron chi connectivity index (χ2n) is 3.92. The molecule has 0 aromatic carbocycles. The quantitative estimate of drug-likeness (QED) is 0.545. The van der Waals surface area contributed by atoms with E-state index in [0.29, 0.717) is 0 Å². The van der Waals surface area contributed by atoms with Crippen molar-refractivity contribution < 1.29 is 4.79 Å². The van der Waals surface area contributed by atoms with Crippen molar-refractivity contribution in [1.29, 1.82) is 0 Å². The number of piperidine rings is 2. The third-order valence-corrected chi connectivity index (χ3v) is 3.07. The van der Waals surface area contributed by atoms with Crippen LogP contribution in [0.15, 0.2) is 0 Å². The highest BCUT2D eigenvalue weighted by Gasteiger charge is 2.40. The molecule has 1 amide bonds. The lowest BCUT2D eigenvalue weighted by atomic mass is 9.74. The van der Waals surface area contributed by atoms with Crippen LogP contribution < -0.4 is 10.6 Å². The maximum Gasteiger partial charge on any atom is 0.227 e. The van der Waals surface area contributed by atoms with E-state index in [2.05, 4.69) is 10.6 Å². The van der Waals surface area contributed by atoms with Gasteiger partial charge in [-0.05, 0) is 32.2 Å². The SMILES string of the molecule is O=C1NCCC[C@]12CCCNC2. The molecule has 12 heavy (non-hydrogen) atoms. The number of amides is 1. The Kier molecular flexibility index (Phi) is 2.05. The van der Waals surface area contributed by atoms with Gasteiger partial charge in [0.25, 0.3) is 0 Å². The number of rotatable bonds is 0. The smallest absolute Gasteiger partial charge is 0.227 e. The average Bonchev–Trinajstić information content (AvgIpc) is 2.12. The Labute approximate surface area is 72.9 Å². The van der Waals surface area contributed by atoms with Crippen molar-refractivity contribution in [3.8, 4) is 0 Å². The van der Waals surface area contributed by atoms with E-state index in [9.17, 15) is 4.79 Å². The fourth-order valence-corrected chi connectivity index (χ4v) is 2.30. The van der Waals surface area contributed by atoms with Gasteiger partial charge in [0, 0.05) is 13.1 Å². The van der Waals surface area contributed by atoms with E-state index in [4.69, 9.17) is 0 Å². The highest BCUT2D eigenvalue weighted by molar-refractivity contribution is 5.83. The first-order valence-electron chi connectivity index (χ1n) is 4.83. The summed E-state index contributed by atoms with van der Waals surface area (Å²) in [6.45, 7) is 2.84. The summed E-state index contributed by atoms with van der Waals surface area (Å²) < 4.78 is 0. The van der Waals surface area contributed by atoms with Crippen LogP contribution in [0.4, 0.5) is 0 Å². The number of carbonyl (C=O) groups excluding carboxylic acids is 1. The summed E-state index contributed by atoms with van der Waals surface area (Å²) in [5.41, 5.74) is -0.0451. The number of hydrogen-bond acceptors (Lipinski definition) is 2. The van der Waals surface area contributed by atoms with Gasteiger partial charge in [-0.25, -0.2) is 0 Å². The van der Waals surface area contributed by atoms with Crippen molar-refractivity contribution in [2.45, 2.75) is 25.7 Å². The van der Waals surface area contributed by atoms with Crippen LogP contribution in [0.5, 0.6) is 0 Å². The van der Waals surface area contributed by atoms with Crippen LogP contribution in [-0.2, 0) is 4.79 Å². The molecule has 3 nitrogen and oxygen atoms in total. The molecule has 2 aliphatic heterocycles. The minimum absolute atomic E-state index is 0.0451. The molecule has 2 heterocycles. The van der Waals surface area contributed by atoms with E-state index in [-0.39, 0.29) is 11.3 Å². The Morgan fingerprint density at radius 3 is 2.58 bits per heavy atom. The maximum absolute atomic E-state index is 11.6. The lowest BCUT2D eigenvalue weighted by Gasteiger charge is -2.39. The second-order valence-corrected chi connectivity index (χ2v) is 3.92. The fraction of sp³-hybridized carbons (Fsp3) is 0.889. The van der Waals surface area contributed by atoms with Crippen LogP contribution in [0.2, 0.25) is 0 Å². The molecule has 2 rings (SSSR count). The van der Waals surface area contributed by atoms with Crippen molar-refractivity contribution in [1.82, 2.24) is 10.6 Å². The second kappa shape index (κ2) is 3.05. The van der Waals surface area contributed by atoms with Crippen molar-refractivity contribution in [2.24, 2.45) is 5.41 Å². The predicted octanol–water partition coefficient (Wildman–Crippen LogP) is 0.266. The largest absolute Gasteiger partial charge is 0.356 e. The molecule has 0 aromatic rings. The summed E-state index contributed by atoms with van der Waals surface area (Å²) in [7, 11) is 0.